The second kappa shape index (κ2) is 18.1. The first-order chi connectivity index (χ1) is 32.4. The van der Waals surface area contributed by atoms with Crippen LogP contribution in [0.3, 0.4) is 0 Å². The van der Waals surface area contributed by atoms with Crippen LogP contribution in [0, 0.1) is 0 Å². The van der Waals surface area contributed by atoms with Gasteiger partial charge in [-0.1, -0.05) is 172 Å². The van der Waals surface area contributed by atoms with Gasteiger partial charge >= 0.3 is 0 Å². The zero-order chi connectivity index (χ0) is 45.0. The minimum atomic E-state index is -0.121. The molecule has 8 aromatic carbocycles. The molecule has 3 nitrogen and oxygen atoms in total. The highest BCUT2D eigenvalue weighted by atomic mass is 15.1. The Kier molecular flexibility index (Phi) is 11.4. The van der Waals surface area contributed by atoms with Gasteiger partial charge in [0.1, 0.15) is 0 Å². The summed E-state index contributed by atoms with van der Waals surface area (Å²) in [5.41, 5.74) is 20.8. The molecule has 1 aromatic heterocycles. The molecular formula is C63H51N3. The number of nitrogens with zero attached hydrogens (tertiary/aromatic N) is 3. The van der Waals surface area contributed by atoms with Crippen molar-refractivity contribution in [1.29, 1.82) is 0 Å². The lowest BCUT2D eigenvalue weighted by atomic mass is 9.83. The molecule has 0 bridgehead atoms. The van der Waals surface area contributed by atoms with E-state index in [9.17, 15) is 0 Å². The van der Waals surface area contributed by atoms with Gasteiger partial charge in [0.2, 0.25) is 0 Å². The van der Waals surface area contributed by atoms with Crippen molar-refractivity contribution < 1.29 is 0 Å². The summed E-state index contributed by atoms with van der Waals surface area (Å²) >= 11 is 0. The van der Waals surface area contributed by atoms with E-state index < -0.39 is 0 Å². The van der Waals surface area contributed by atoms with E-state index in [0.29, 0.717) is 0 Å². The van der Waals surface area contributed by atoms with Crippen molar-refractivity contribution in [3.8, 4) is 44.5 Å². The van der Waals surface area contributed by atoms with Gasteiger partial charge in [-0.2, -0.15) is 0 Å². The maximum Gasteiger partial charge on any atom is 0.0468 e. The molecule has 0 radical (unpaired) electrons. The second-order valence-corrected chi connectivity index (χ2v) is 17.3. The third kappa shape index (κ3) is 8.08. The Labute approximate surface area is 389 Å². The van der Waals surface area contributed by atoms with Gasteiger partial charge in [0, 0.05) is 51.9 Å². The maximum absolute atomic E-state index is 4.51. The Hall–Kier alpha value is -8.27. The molecule has 318 valence electrons. The Morgan fingerprint density at radius 2 is 0.864 bits per heavy atom. The van der Waals surface area contributed by atoms with E-state index in [4.69, 9.17) is 0 Å². The van der Waals surface area contributed by atoms with E-state index in [1.165, 1.54) is 44.5 Å². The molecule has 10 rings (SSSR count). The molecule has 0 amide bonds. The van der Waals surface area contributed by atoms with E-state index in [1.54, 1.807) is 0 Å². The number of fused-ring (bicyclic) bond motifs is 3. The zero-order valence-electron chi connectivity index (χ0n) is 37.6. The number of benzene rings is 8. The van der Waals surface area contributed by atoms with Gasteiger partial charge in [-0.05, 0) is 153 Å². The van der Waals surface area contributed by atoms with Crippen LogP contribution < -0.4 is 9.80 Å². The fraction of sp³-hybridized carbons (Fsp3) is 0.0635. The van der Waals surface area contributed by atoms with Gasteiger partial charge in [-0.3, -0.25) is 4.98 Å². The van der Waals surface area contributed by atoms with E-state index >= 15 is 0 Å². The Morgan fingerprint density at radius 3 is 1.30 bits per heavy atom. The van der Waals surface area contributed by atoms with Crippen LogP contribution in [0.1, 0.15) is 37.5 Å². The van der Waals surface area contributed by atoms with Gasteiger partial charge in [-0.25, -0.2) is 0 Å². The topological polar surface area (TPSA) is 19.4 Å². The van der Waals surface area contributed by atoms with E-state index in [2.05, 4.69) is 248 Å². The van der Waals surface area contributed by atoms with Crippen molar-refractivity contribution in [1.82, 2.24) is 4.98 Å². The molecular weight excluding hydrogens is 799 g/mol. The van der Waals surface area contributed by atoms with Gasteiger partial charge in [0.25, 0.3) is 0 Å². The molecule has 0 aliphatic heterocycles. The molecule has 0 saturated carbocycles. The Morgan fingerprint density at radius 1 is 0.455 bits per heavy atom. The summed E-state index contributed by atoms with van der Waals surface area (Å²) in [4.78, 5) is 9.20. The second-order valence-electron chi connectivity index (χ2n) is 17.3. The van der Waals surface area contributed by atoms with Gasteiger partial charge < -0.3 is 9.80 Å². The monoisotopic (exact) mass is 849 g/mol. The van der Waals surface area contributed by atoms with Gasteiger partial charge in [-0.15, -0.1) is 0 Å². The average Bonchev–Trinajstić information content (AvgIpc) is 3.61. The number of aromatic nitrogens is 1. The third-order valence-electron chi connectivity index (χ3n) is 12.9. The molecule has 1 aliphatic carbocycles. The smallest absolute Gasteiger partial charge is 0.0468 e. The predicted molar refractivity (Wildman–Crippen MR) is 280 cm³/mol. The van der Waals surface area contributed by atoms with Crippen molar-refractivity contribution in [2.75, 3.05) is 9.80 Å². The highest BCUT2D eigenvalue weighted by molar-refractivity contribution is 5.88. The van der Waals surface area contributed by atoms with Crippen LogP contribution in [0.15, 0.2) is 250 Å². The van der Waals surface area contributed by atoms with Crippen LogP contribution in [-0.2, 0) is 5.41 Å². The van der Waals surface area contributed by atoms with Crippen LogP contribution in [0.5, 0.6) is 0 Å². The number of allylic oxidation sites excluding steroid dienone is 5. The van der Waals surface area contributed by atoms with Gasteiger partial charge in [0.05, 0.1) is 0 Å². The third-order valence-corrected chi connectivity index (χ3v) is 12.9. The molecule has 0 unspecified atom stereocenters. The quantitative estimate of drug-likeness (QED) is 0.114. The predicted octanol–water partition coefficient (Wildman–Crippen LogP) is 17.5. The molecule has 1 aliphatic rings. The fourth-order valence-electron chi connectivity index (χ4n) is 9.36. The number of hydrogen-bond donors (Lipinski definition) is 0. The Balaban J connectivity index is 0.989. The van der Waals surface area contributed by atoms with Crippen molar-refractivity contribution in [3.05, 3.63) is 266 Å². The van der Waals surface area contributed by atoms with Crippen molar-refractivity contribution in [2.45, 2.75) is 26.2 Å². The molecule has 0 atom stereocenters. The molecule has 0 N–H and O–H groups in total. The van der Waals surface area contributed by atoms with E-state index in [-0.39, 0.29) is 5.41 Å². The fourth-order valence-corrected chi connectivity index (χ4v) is 9.36. The molecule has 9 aromatic rings. The normalized spacial score (nSPS) is 12.7. The summed E-state index contributed by atoms with van der Waals surface area (Å²) in [7, 11) is 0. The summed E-state index contributed by atoms with van der Waals surface area (Å²) in [6, 6.07) is 74.6. The minimum Gasteiger partial charge on any atom is -0.311 e. The molecule has 1 heterocycles. The molecule has 3 heteroatoms. The van der Waals surface area contributed by atoms with E-state index in [0.717, 1.165) is 56.4 Å². The number of hydrogen-bond acceptors (Lipinski definition) is 3. The molecule has 0 spiro atoms. The number of anilines is 6. The van der Waals surface area contributed by atoms with Crippen LogP contribution in [0.2, 0.25) is 0 Å². The molecule has 0 saturated heterocycles. The highest BCUT2D eigenvalue weighted by Crippen LogP contribution is 2.50. The summed E-state index contributed by atoms with van der Waals surface area (Å²) in [5, 5.41) is 0. The van der Waals surface area contributed by atoms with Crippen LogP contribution >= 0.6 is 0 Å². The summed E-state index contributed by atoms with van der Waals surface area (Å²) in [6.45, 7) is 10.7. The number of rotatable bonds is 12. The standard InChI is InChI=1S/C63H51N3/c1-5-7-14-45(6-2)48-19-29-53(30-20-48)65(54-31-21-49(22-32-54)46-15-10-8-11-16-46)55-33-25-51(26-34-55)52-27-37-57(38-28-52)66(56-35-23-50(24-36-56)47-17-12-9-13-18-47)58-39-40-61-60(43-58)59-41-42-64-44-62(59)63(61,3)4/h5-44H,2H2,1,3-4H3/b7-5-,45-14+. The molecule has 0 fully saturated rings. The molecule has 66 heavy (non-hydrogen) atoms. The lowest BCUT2D eigenvalue weighted by Crippen LogP contribution is -2.15. The minimum absolute atomic E-state index is 0.121. The highest BCUT2D eigenvalue weighted by Gasteiger charge is 2.36. The lowest BCUT2D eigenvalue weighted by Gasteiger charge is -2.27. The van der Waals surface area contributed by atoms with Crippen LogP contribution in [0.25, 0.3) is 50.1 Å². The van der Waals surface area contributed by atoms with Crippen LogP contribution in [-0.4, -0.2) is 4.98 Å². The zero-order valence-corrected chi connectivity index (χ0v) is 37.6. The van der Waals surface area contributed by atoms with Crippen molar-refractivity contribution in [3.63, 3.8) is 0 Å². The number of pyridine rings is 1. The maximum atomic E-state index is 4.51. The van der Waals surface area contributed by atoms with E-state index in [1.807, 2.05) is 37.5 Å². The van der Waals surface area contributed by atoms with Crippen molar-refractivity contribution in [2.24, 2.45) is 0 Å². The van der Waals surface area contributed by atoms with Crippen molar-refractivity contribution >= 4 is 39.7 Å². The van der Waals surface area contributed by atoms with Gasteiger partial charge in [0.15, 0.2) is 0 Å². The summed E-state index contributed by atoms with van der Waals surface area (Å²) in [5.74, 6) is 0. The Bertz CT molecular complexity index is 3180. The first-order valence-electron chi connectivity index (χ1n) is 22.7. The largest absolute Gasteiger partial charge is 0.311 e. The first-order valence-corrected chi connectivity index (χ1v) is 22.7. The first kappa shape index (κ1) is 41.7. The summed E-state index contributed by atoms with van der Waals surface area (Å²) < 4.78 is 0. The summed E-state index contributed by atoms with van der Waals surface area (Å²) in [6.07, 6.45) is 12.0. The SMILES string of the molecule is C=C/C(=C\C=C/C)c1ccc(N(c2ccc(-c3ccccc3)cc2)c2ccc(-c3ccc(N(c4ccc(-c5ccccc5)cc4)c4ccc5c(c4)-c4ccncc4C5(C)C)cc3)cc2)cc1. The average molecular weight is 850 g/mol. The van der Waals surface area contributed by atoms with Crippen LogP contribution in [0.4, 0.5) is 34.1 Å². The lowest BCUT2D eigenvalue weighted by molar-refractivity contribution is 0.657.